The van der Waals surface area contributed by atoms with Crippen LogP contribution < -0.4 is 15.2 Å². The highest BCUT2D eigenvalue weighted by atomic mass is 32.2. The van der Waals surface area contributed by atoms with Crippen LogP contribution in [0.5, 0.6) is 17.2 Å². The van der Waals surface area contributed by atoms with Crippen molar-refractivity contribution in [3.8, 4) is 17.2 Å². The zero-order valence-corrected chi connectivity index (χ0v) is 27.2. The molecule has 3 aliphatic rings. The van der Waals surface area contributed by atoms with E-state index in [1.54, 1.807) is 12.1 Å². The molecule has 6 rings (SSSR count). The van der Waals surface area contributed by atoms with Crippen molar-refractivity contribution in [2.75, 3.05) is 52.6 Å². The van der Waals surface area contributed by atoms with Gasteiger partial charge in [-0.3, -0.25) is 9.69 Å². The largest absolute Gasteiger partial charge is 0.492 e. The first kappa shape index (κ1) is 33.8. The average molecular weight is 684 g/mol. The number of amides is 1. The monoisotopic (exact) mass is 683 g/mol. The van der Waals surface area contributed by atoms with Crippen molar-refractivity contribution in [3.63, 3.8) is 0 Å². The Morgan fingerprint density at radius 3 is 2.27 bits per heavy atom. The standard InChI is InChI=1S/C34H38FN3O9S/c35-25-4-6-26(7-5-25)46-27-8-11-29(12-9-27)48(41,42)38-15-14-24-23-28(44-22-18-37-16-20-43-21-17-37)10-13-30(24)34(38,32(36)39)33(40)47-31-3-1-2-19-45-31/h4-13,23,31H,1-3,14-22H2,(H2,36,39). The molecular weight excluding hydrogens is 645 g/mol. The fourth-order valence-electron chi connectivity index (χ4n) is 6.18. The zero-order chi connectivity index (χ0) is 33.7. The second kappa shape index (κ2) is 14.6. The maximum absolute atomic E-state index is 14.3. The summed E-state index contributed by atoms with van der Waals surface area (Å²) in [4.78, 5) is 29.8. The topological polar surface area (TPSA) is 147 Å². The van der Waals surface area contributed by atoms with Gasteiger partial charge >= 0.3 is 5.97 Å². The molecule has 3 aliphatic heterocycles. The van der Waals surface area contributed by atoms with Crippen molar-refractivity contribution in [1.29, 1.82) is 0 Å². The number of rotatable bonds is 11. The van der Waals surface area contributed by atoms with Gasteiger partial charge in [-0.25, -0.2) is 17.6 Å². The number of sulfonamides is 1. The van der Waals surface area contributed by atoms with E-state index in [4.69, 9.17) is 29.4 Å². The van der Waals surface area contributed by atoms with Gasteiger partial charge in [0.1, 0.15) is 29.7 Å². The Bertz CT molecular complexity index is 1710. The van der Waals surface area contributed by atoms with Gasteiger partial charge in [0.15, 0.2) is 0 Å². The Balaban J connectivity index is 1.31. The van der Waals surface area contributed by atoms with E-state index < -0.39 is 39.5 Å². The molecule has 0 bridgehead atoms. The lowest BCUT2D eigenvalue weighted by molar-refractivity contribution is -0.198. The number of morpholine rings is 1. The van der Waals surface area contributed by atoms with Gasteiger partial charge in [0.05, 0.1) is 24.7 Å². The molecule has 0 radical (unpaired) electrons. The van der Waals surface area contributed by atoms with Gasteiger partial charge in [-0.2, -0.15) is 4.31 Å². The van der Waals surface area contributed by atoms with Gasteiger partial charge in [0.2, 0.25) is 21.9 Å². The zero-order valence-electron chi connectivity index (χ0n) is 26.3. The van der Waals surface area contributed by atoms with Crippen LogP contribution in [0.3, 0.4) is 0 Å². The number of nitrogens with two attached hydrogens (primary N) is 1. The Kier molecular flexibility index (Phi) is 10.3. The van der Waals surface area contributed by atoms with Crippen molar-refractivity contribution >= 4 is 21.9 Å². The summed E-state index contributed by atoms with van der Waals surface area (Å²) in [5, 5.41) is 0. The summed E-state index contributed by atoms with van der Waals surface area (Å²) in [6.07, 6.45) is 1.13. The lowest BCUT2D eigenvalue weighted by atomic mass is 9.81. The van der Waals surface area contributed by atoms with Crippen LogP contribution in [0, 0.1) is 5.82 Å². The maximum atomic E-state index is 14.3. The fourth-order valence-corrected chi connectivity index (χ4v) is 7.87. The van der Waals surface area contributed by atoms with Crippen LogP contribution in [0.15, 0.2) is 71.6 Å². The molecule has 2 N–H and O–H groups in total. The van der Waals surface area contributed by atoms with E-state index in [1.807, 2.05) is 0 Å². The molecule has 12 nitrogen and oxygen atoms in total. The minimum absolute atomic E-state index is 0.0995. The summed E-state index contributed by atoms with van der Waals surface area (Å²) in [7, 11) is -4.54. The third-order valence-electron chi connectivity index (χ3n) is 8.69. The van der Waals surface area contributed by atoms with Crippen molar-refractivity contribution < 1.29 is 46.1 Å². The normalized spacial score (nSPS) is 22.0. The molecule has 14 heteroatoms. The quantitative estimate of drug-likeness (QED) is 0.236. The van der Waals surface area contributed by atoms with Gasteiger partial charge < -0.3 is 29.4 Å². The van der Waals surface area contributed by atoms with Crippen LogP contribution in [-0.2, 0) is 45.8 Å². The maximum Gasteiger partial charge on any atom is 0.344 e. The van der Waals surface area contributed by atoms with Gasteiger partial charge in [-0.15, -0.1) is 0 Å². The van der Waals surface area contributed by atoms with E-state index in [0.717, 1.165) is 30.2 Å². The highest BCUT2D eigenvalue weighted by Crippen LogP contribution is 2.42. The number of carbonyl (C=O) groups excluding carboxylic acids is 2. The number of primary amides is 1. The molecule has 2 unspecified atom stereocenters. The number of hydrogen-bond donors (Lipinski definition) is 1. The molecule has 3 aromatic rings. The lowest BCUT2D eigenvalue weighted by Crippen LogP contribution is -2.65. The number of fused-ring (bicyclic) bond motifs is 1. The molecule has 0 spiro atoms. The Hall–Kier alpha value is -4.08. The molecule has 0 saturated carbocycles. The molecule has 0 aromatic heterocycles. The molecule has 3 heterocycles. The molecule has 0 aliphatic carbocycles. The third kappa shape index (κ3) is 7.03. The van der Waals surface area contributed by atoms with Crippen molar-refractivity contribution in [3.05, 3.63) is 83.7 Å². The Labute approximate surface area is 278 Å². The highest BCUT2D eigenvalue weighted by molar-refractivity contribution is 7.89. The molecule has 1 amide bonds. The number of carbonyl (C=O) groups is 2. The van der Waals surface area contributed by atoms with Crippen LogP contribution in [0.25, 0.3) is 0 Å². The van der Waals surface area contributed by atoms with E-state index in [1.165, 1.54) is 54.6 Å². The molecule has 2 fully saturated rings. The van der Waals surface area contributed by atoms with Crippen molar-refractivity contribution in [2.45, 2.75) is 42.4 Å². The fraction of sp³-hybridized carbons (Fsp3) is 0.412. The summed E-state index contributed by atoms with van der Waals surface area (Å²) >= 11 is 0. The first-order valence-electron chi connectivity index (χ1n) is 15.9. The van der Waals surface area contributed by atoms with Gasteiger partial charge in [0.25, 0.3) is 5.91 Å². The molecule has 3 aromatic carbocycles. The number of esters is 1. The highest BCUT2D eigenvalue weighted by Gasteiger charge is 2.60. The van der Waals surface area contributed by atoms with E-state index in [-0.39, 0.29) is 23.4 Å². The summed E-state index contributed by atoms with van der Waals surface area (Å²) in [5.74, 6) is -1.61. The number of hydrogen-bond acceptors (Lipinski definition) is 10. The van der Waals surface area contributed by atoms with Gasteiger partial charge in [0, 0.05) is 32.6 Å². The number of halogens is 1. The molecule has 2 atom stereocenters. The van der Waals surface area contributed by atoms with E-state index in [9.17, 15) is 22.4 Å². The van der Waals surface area contributed by atoms with E-state index in [0.29, 0.717) is 62.2 Å². The van der Waals surface area contributed by atoms with E-state index in [2.05, 4.69) is 4.90 Å². The Morgan fingerprint density at radius 2 is 1.60 bits per heavy atom. The molecular formula is C34H38FN3O9S. The minimum atomic E-state index is -4.54. The van der Waals surface area contributed by atoms with Crippen molar-refractivity contribution in [2.24, 2.45) is 5.73 Å². The SMILES string of the molecule is NC(=O)C1(C(=O)OC2CCCCO2)c2ccc(OCCN3CCOCC3)cc2CCN1S(=O)(=O)c1ccc(Oc2ccc(F)cc2)cc1. The van der Waals surface area contributed by atoms with Crippen LogP contribution in [0.4, 0.5) is 4.39 Å². The first-order chi connectivity index (χ1) is 23.2. The summed E-state index contributed by atoms with van der Waals surface area (Å²) in [6, 6.07) is 15.6. The number of benzene rings is 3. The third-order valence-corrected chi connectivity index (χ3v) is 10.6. The van der Waals surface area contributed by atoms with Crippen LogP contribution in [-0.4, -0.2) is 88.4 Å². The smallest absolute Gasteiger partial charge is 0.344 e. The summed E-state index contributed by atoms with van der Waals surface area (Å²) < 4.78 is 71.2. The van der Waals surface area contributed by atoms with Gasteiger partial charge in [-0.1, -0.05) is 6.07 Å². The number of ether oxygens (including phenoxy) is 5. The second-order valence-electron chi connectivity index (χ2n) is 11.8. The molecule has 48 heavy (non-hydrogen) atoms. The van der Waals surface area contributed by atoms with Crippen LogP contribution in [0.2, 0.25) is 0 Å². The van der Waals surface area contributed by atoms with Crippen LogP contribution in [0.1, 0.15) is 30.4 Å². The lowest BCUT2D eigenvalue weighted by Gasteiger charge is -2.43. The summed E-state index contributed by atoms with van der Waals surface area (Å²) in [5.41, 5.74) is 4.14. The minimum Gasteiger partial charge on any atom is -0.492 e. The van der Waals surface area contributed by atoms with Gasteiger partial charge in [-0.05, 0) is 91.1 Å². The van der Waals surface area contributed by atoms with Crippen molar-refractivity contribution in [1.82, 2.24) is 9.21 Å². The summed E-state index contributed by atoms with van der Waals surface area (Å²) in [6.45, 7) is 4.18. The predicted molar refractivity (Wildman–Crippen MR) is 170 cm³/mol. The van der Waals surface area contributed by atoms with Crippen LogP contribution >= 0.6 is 0 Å². The Morgan fingerprint density at radius 1 is 0.917 bits per heavy atom. The van der Waals surface area contributed by atoms with E-state index >= 15 is 0 Å². The predicted octanol–water partition coefficient (Wildman–Crippen LogP) is 3.33. The second-order valence-corrected chi connectivity index (χ2v) is 13.6. The first-order valence-corrected chi connectivity index (χ1v) is 17.4. The molecule has 256 valence electrons. The number of nitrogens with zero attached hydrogens (tertiary/aromatic N) is 2. The average Bonchev–Trinajstić information content (AvgIpc) is 3.09. The molecule has 2 saturated heterocycles.